The molecule has 14 heavy (non-hydrogen) atoms. The zero-order valence-corrected chi connectivity index (χ0v) is 10.0. The van der Waals surface area contributed by atoms with Crippen LogP contribution in [0.3, 0.4) is 0 Å². The molecule has 78 valence electrons. The molecule has 1 aromatic rings. The predicted octanol–water partition coefficient (Wildman–Crippen LogP) is 2.04. The normalized spacial score (nSPS) is 17.4. The number of aromatic nitrogens is 2. The predicted molar refractivity (Wildman–Crippen MR) is 63.4 cm³/mol. The van der Waals surface area contributed by atoms with E-state index in [2.05, 4.69) is 22.0 Å². The number of anilines is 1. The van der Waals surface area contributed by atoms with Crippen molar-refractivity contribution in [2.24, 2.45) is 0 Å². The van der Waals surface area contributed by atoms with Crippen LogP contribution in [0.1, 0.15) is 18.4 Å². The van der Waals surface area contributed by atoms with Crippen LogP contribution in [0.25, 0.3) is 0 Å². The molecule has 0 radical (unpaired) electrons. The van der Waals surface area contributed by atoms with Crippen molar-refractivity contribution in [1.29, 1.82) is 0 Å². The molecule has 1 fully saturated rings. The second-order valence-electron chi connectivity index (χ2n) is 3.33. The van der Waals surface area contributed by atoms with Crippen molar-refractivity contribution in [3.05, 3.63) is 5.01 Å². The standard InChI is InChI=1S/C9H15N3S2/c1-2-3-8-10-11-9(14-8)12-4-6-13-7-5-12/h2-7H2,1H3. The molecule has 0 spiro atoms. The number of hydrogen-bond donors (Lipinski definition) is 0. The zero-order valence-electron chi connectivity index (χ0n) is 8.40. The van der Waals surface area contributed by atoms with Crippen LogP contribution < -0.4 is 4.90 Å². The quantitative estimate of drug-likeness (QED) is 0.793. The molecule has 1 saturated heterocycles. The maximum Gasteiger partial charge on any atom is 0.208 e. The summed E-state index contributed by atoms with van der Waals surface area (Å²) in [4.78, 5) is 2.35. The molecule has 0 saturated carbocycles. The third-order valence-corrected chi connectivity index (χ3v) is 4.19. The number of aryl methyl sites for hydroxylation is 1. The van der Waals surface area contributed by atoms with Crippen molar-refractivity contribution in [2.45, 2.75) is 19.8 Å². The van der Waals surface area contributed by atoms with E-state index in [0.717, 1.165) is 31.1 Å². The zero-order chi connectivity index (χ0) is 9.80. The van der Waals surface area contributed by atoms with E-state index in [1.165, 1.54) is 16.5 Å². The topological polar surface area (TPSA) is 29.0 Å². The number of hydrogen-bond acceptors (Lipinski definition) is 5. The van der Waals surface area contributed by atoms with Crippen LogP contribution in [0, 0.1) is 0 Å². The highest BCUT2D eigenvalue weighted by Gasteiger charge is 2.15. The van der Waals surface area contributed by atoms with E-state index in [0.29, 0.717) is 0 Å². The molecule has 3 nitrogen and oxygen atoms in total. The van der Waals surface area contributed by atoms with Gasteiger partial charge in [0.2, 0.25) is 5.13 Å². The van der Waals surface area contributed by atoms with E-state index in [1.54, 1.807) is 11.3 Å². The van der Waals surface area contributed by atoms with E-state index in [9.17, 15) is 0 Å². The summed E-state index contributed by atoms with van der Waals surface area (Å²) >= 11 is 3.78. The largest absolute Gasteiger partial charge is 0.345 e. The molecular formula is C9H15N3S2. The van der Waals surface area contributed by atoms with Crippen LogP contribution in [0.5, 0.6) is 0 Å². The molecule has 1 aromatic heterocycles. The summed E-state index contributed by atoms with van der Waals surface area (Å²) in [7, 11) is 0. The summed E-state index contributed by atoms with van der Waals surface area (Å²) in [5.41, 5.74) is 0. The highest BCUT2D eigenvalue weighted by atomic mass is 32.2. The van der Waals surface area contributed by atoms with Crippen LogP contribution >= 0.6 is 23.1 Å². The van der Waals surface area contributed by atoms with Gasteiger partial charge in [-0.1, -0.05) is 18.3 Å². The summed E-state index contributed by atoms with van der Waals surface area (Å²) in [6.45, 7) is 4.44. The van der Waals surface area contributed by atoms with Crippen LogP contribution in [-0.4, -0.2) is 34.8 Å². The lowest BCUT2D eigenvalue weighted by Crippen LogP contribution is -2.32. The highest BCUT2D eigenvalue weighted by molar-refractivity contribution is 7.99. The highest BCUT2D eigenvalue weighted by Crippen LogP contribution is 2.23. The lowest BCUT2D eigenvalue weighted by atomic mass is 10.4. The molecule has 0 bridgehead atoms. The molecule has 0 aliphatic carbocycles. The summed E-state index contributed by atoms with van der Waals surface area (Å²) in [5, 5.41) is 10.7. The number of thioether (sulfide) groups is 1. The van der Waals surface area contributed by atoms with Crippen molar-refractivity contribution in [3.8, 4) is 0 Å². The minimum absolute atomic E-state index is 1.07. The maximum atomic E-state index is 4.24. The molecule has 0 atom stereocenters. The van der Waals surface area contributed by atoms with Gasteiger partial charge in [0.15, 0.2) is 0 Å². The van der Waals surface area contributed by atoms with Gasteiger partial charge in [-0.15, -0.1) is 10.2 Å². The van der Waals surface area contributed by atoms with E-state index in [-0.39, 0.29) is 0 Å². The van der Waals surface area contributed by atoms with Crippen LogP contribution in [-0.2, 0) is 6.42 Å². The van der Waals surface area contributed by atoms with Gasteiger partial charge < -0.3 is 4.90 Å². The lowest BCUT2D eigenvalue weighted by molar-refractivity contribution is 0.828. The molecule has 0 aromatic carbocycles. The molecule has 2 heterocycles. The van der Waals surface area contributed by atoms with Crippen molar-refractivity contribution in [3.63, 3.8) is 0 Å². The van der Waals surface area contributed by atoms with Gasteiger partial charge in [0.1, 0.15) is 5.01 Å². The first kappa shape index (κ1) is 10.2. The van der Waals surface area contributed by atoms with Crippen molar-refractivity contribution in [2.75, 3.05) is 29.5 Å². The Bertz CT molecular complexity index is 281. The van der Waals surface area contributed by atoms with Crippen molar-refractivity contribution in [1.82, 2.24) is 10.2 Å². The van der Waals surface area contributed by atoms with E-state index in [1.807, 2.05) is 11.8 Å². The molecule has 0 N–H and O–H groups in total. The fourth-order valence-corrected chi connectivity index (χ4v) is 3.34. The van der Waals surface area contributed by atoms with E-state index >= 15 is 0 Å². The van der Waals surface area contributed by atoms with E-state index < -0.39 is 0 Å². The Hall–Kier alpha value is -0.290. The van der Waals surface area contributed by atoms with Gasteiger partial charge in [0.05, 0.1) is 0 Å². The minimum Gasteiger partial charge on any atom is -0.345 e. The monoisotopic (exact) mass is 229 g/mol. The summed E-state index contributed by atoms with van der Waals surface area (Å²) in [5.74, 6) is 2.45. The number of nitrogens with zero attached hydrogens (tertiary/aromatic N) is 3. The molecule has 0 amide bonds. The van der Waals surface area contributed by atoms with Crippen LogP contribution in [0.15, 0.2) is 0 Å². The third-order valence-electron chi connectivity index (χ3n) is 2.20. The first-order chi connectivity index (χ1) is 6.90. The Kier molecular flexibility index (Phi) is 3.64. The minimum atomic E-state index is 1.07. The van der Waals surface area contributed by atoms with Crippen molar-refractivity contribution < 1.29 is 0 Å². The Morgan fingerprint density at radius 2 is 2.07 bits per heavy atom. The molecule has 5 heteroatoms. The molecule has 2 rings (SSSR count). The van der Waals surface area contributed by atoms with Crippen LogP contribution in [0.2, 0.25) is 0 Å². The SMILES string of the molecule is CCCc1nnc(N2CCSCC2)s1. The van der Waals surface area contributed by atoms with Gasteiger partial charge in [0.25, 0.3) is 0 Å². The Morgan fingerprint density at radius 1 is 1.29 bits per heavy atom. The number of rotatable bonds is 3. The second-order valence-corrected chi connectivity index (χ2v) is 5.59. The van der Waals surface area contributed by atoms with Gasteiger partial charge in [0, 0.05) is 31.0 Å². The Balaban J connectivity index is 2.00. The average Bonchev–Trinajstić information content (AvgIpc) is 2.68. The van der Waals surface area contributed by atoms with Gasteiger partial charge in [-0.05, 0) is 6.42 Å². The fraction of sp³-hybridized carbons (Fsp3) is 0.778. The van der Waals surface area contributed by atoms with Crippen LogP contribution in [0.4, 0.5) is 5.13 Å². The van der Waals surface area contributed by atoms with Gasteiger partial charge in [-0.25, -0.2) is 0 Å². The Morgan fingerprint density at radius 3 is 2.79 bits per heavy atom. The van der Waals surface area contributed by atoms with Gasteiger partial charge in [-0.3, -0.25) is 0 Å². The van der Waals surface area contributed by atoms with E-state index in [4.69, 9.17) is 0 Å². The van der Waals surface area contributed by atoms with Gasteiger partial charge >= 0.3 is 0 Å². The summed E-state index contributed by atoms with van der Waals surface area (Å²) in [6.07, 6.45) is 2.23. The summed E-state index contributed by atoms with van der Waals surface area (Å²) < 4.78 is 0. The summed E-state index contributed by atoms with van der Waals surface area (Å²) in [6, 6.07) is 0. The molecular weight excluding hydrogens is 214 g/mol. The molecule has 1 aliphatic rings. The smallest absolute Gasteiger partial charge is 0.208 e. The maximum absolute atomic E-state index is 4.24. The average molecular weight is 229 g/mol. The second kappa shape index (κ2) is 4.98. The fourth-order valence-electron chi connectivity index (χ4n) is 1.44. The lowest BCUT2D eigenvalue weighted by Gasteiger charge is -2.24. The first-order valence-electron chi connectivity index (χ1n) is 5.05. The third kappa shape index (κ3) is 2.39. The molecule has 0 unspecified atom stereocenters. The van der Waals surface area contributed by atoms with Gasteiger partial charge in [-0.2, -0.15) is 11.8 Å². The first-order valence-corrected chi connectivity index (χ1v) is 7.02. The van der Waals surface area contributed by atoms with Crippen molar-refractivity contribution >= 4 is 28.2 Å². The molecule has 1 aliphatic heterocycles. The Labute approximate surface area is 92.9 Å².